The molecular formula is C15H19NO4. The fourth-order valence-electron chi connectivity index (χ4n) is 3.58. The molecule has 2 amide bonds. The van der Waals surface area contributed by atoms with Gasteiger partial charge in [-0.2, -0.15) is 0 Å². The minimum Gasteiger partial charge on any atom is -0.364 e. The van der Waals surface area contributed by atoms with E-state index in [1.165, 1.54) is 4.90 Å². The Balaban J connectivity index is 1.61. The number of hydrogen-bond acceptors (Lipinski definition) is 4. The van der Waals surface area contributed by atoms with Crippen molar-refractivity contribution in [3.63, 3.8) is 0 Å². The van der Waals surface area contributed by atoms with Gasteiger partial charge in [0.25, 0.3) is 0 Å². The third kappa shape index (κ3) is 1.93. The molecule has 1 N–H and O–H groups in total. The van der Waals surface area contributed by atoms with Crippen LogP contribution in [0, 0.1) is 23.7 Å². The summed E-state index contributed by atoms with van der Waals surface area (Å²) >= 11 is 0. The first-order valence-corrected chi connectivity index (χ1v) is 6.99. The van der Waals surface area contributed by atoms with E-state index in [9.17, 15) is 14.7 Å². The predicted molar refractivity (Wildman–Crippen MR) is 71.2 cm³/mol. The number of carbonyl (C=O) groups is 2. The second-order valence-electron chi connectivity index (χ2n) is 5.90. The zero-order chi connectivity index (χ0) is 14.4. The number of fused-ring (bicyclic) bond motifs is 5. The van der Waals surface area contributed by atoms with Crippen molar-refractivity contribution in [2.75, 3.05) is 13.2 Å². The van der Waals surface area contributed by atoms with E-state index in [1.807, 2.05) is 0 Å². The second-order valence-corrected chi connectivity index (χ2v) is 5.90. The molecule has 1 heterocycles. The molecule has 108 valence electrons. The molecule has 20 heavy (non-hydrogen) atoms. The van der Waals surface area contributed by atoms with Crippen molar-refractivity contribution < 1.29 is 19.4 Å². The van der Waals surface area contributed by atoms with Crippen LogP contribution in [0.15, 0.2) is 24.3 Å². The van der Waals surface area contributed by atoms with Crippen LogP contribution in [0.25, 0.3) is 0 Å². The topological polar surface area (TPSA) is 66.8 Å². The largest absolute Gasteiger partial charge is 0.364 e. The van der Waals surface area contributed by atoms with Crippen LogP contribution in [0.1, 0.15) is 13.3 Å². The van der Waals surface area contributed by atoms with Gasteiger partial charge < -0.3 is 9.84 Å². The number of allylic oxidation sites excluding steroid dienone is 2. The fourth-order valence-corrected chi connectivity index (χ4v) is 3.58. The van der Waals surface area contributed by atoms with E-state index in [4.69, 9.17) is 4.74 Å². The highest BCUT2D eigenvalue weighted by molar-refractivity contribution is 6.06. The summed E-state index contributed by atoms with van der Waals surface area (Å²) in [5.74, 6) is -0.0237. The van der Waals surface area contributed by atoms with E-state index in [0.717, 1.165) is 6.42 Å². The van der Waals surface area contributed by atoms with E-state index in [2.05, 4.69) is 18.7 Å². The highest BCUT2D eigenvalue weighted by atomic mass is 16.6. The molecule has 1 saturated carbocycles. The van der Waals surface area contributed by atoms with Gasteiger partial charge in [-0.25, -0.2) is 0 Å². The van der Waals surface area contributed by atoms with E-state index in [0.29, 0.717) is 5.57 Å². The summed E-state index contributed by atoms with van der Waals surface area (Å²) in [7, 11) is 0. The van der Waals surface area contributed by atoms with Gasteiger partial charge in [0.15, 0.2) is 6.29 Å². The van der Waals surface area contributed by atoms with Crippen molar-refractivity contribution >= 4 is 11.8 Å². The van der Waals surface area contributed by atoms with Crippen molar-refractivity contribution in [2.24, 2.45) is 23.7 Å². The Labute approximate surface area is 117 Å². The molecule has 5 heteroatoms. The van der Waals surface area contributed by atoms with Crippen LogP contribution < -0.4 is 0 Å². The van der Waals surface area contributed by atoms with Gasteiger partial charge in [0.1, 0.15) is 0 Å². The maximum atomic E-state index is 12.3. The van der Waals surface area contributed by atoms with Gasteiger partial charge in [-0.3, -0.25) is 14.5 Å². The summed E-state index contributed by atoms with van der Waals surface area (Å²) in [6.07, 6.45) is 4.04. The lowest BCUT2D eigenvalue weighted by molar-refractivity contribution is -0.143. The number of aliphatic hydroxyl groups excluding tert-OH is 1. The Morgan fingerprint density at radius 2 is 1.95 bits per heavy atom. The molecule has 0 aromatic heterocycles. The SMILES string of the molecule is C=C(C)C(O)OCCN1C(=O)C2C(C1=O)[C@H]1C=C[C@@H]2C1. The van der Waals surface area contributed by atoms with Crippen LogP contribution in [0.3, 0.4) is 0 Å². The standard InChI is InChI=1S/C15H19NO4/c1-8(2)15(19)20-6-5-16-13(17)11-9-3-4-10(7-9)12(11)14(16)18/h3-4,9-12,15,19H,1,5-7H2,2H3/t9-,10+,11?,12?,15?. The molecule has 1 aliphatic heterocycles. The number of likely N-dealkylation sites (tertiary alicyclic amines) is 1. The quantitative estimate of drug-likeness (QED) is 0.456. The average Bonchev–Trinajstić information content (AvgIpc) is 3.07. The van der Waals surface area contributed by atoms with E-state index in [1.54, 1.807) is 6.92 Å². The van der Waals surface area contributed by atoms with Crippen LogP contribution >= 0.6 is 0 Å². The zero-order valence-electron chi connectivity index (χ0n) is 11.5. The number of rotatable bonds is 5. The van der Waals surface area contributed by atoms with Crippen molar-refractivity contribution in [3.05, 3.63) is 24.3 Å². The Bertz CT molecular complexity index is 468. The lowest BCUT2D eigenvalue weighted by Crippen LogP contribution is -2.36. The number of aliphatic hydroxyl groups is 1. The molecule has 5 atom stereocenters. The van der Waals surface area contributed by atoms with Crippen LogP contribution in [0.4, 0.5) is 0 Å². The van der Waals surface area contributed by atoms with Gasteiger partial charge in [-0.1, -0.05) is 18.7 Å². The summed E-state index contributed by atoms with van der Waals surface area (Å²) in [4.78, 5) is 26.0. The number of ether oxygens (including phenoxy) is 1. The summed E-state index contributed by atoms with van der Waals surface area (Å²) in [5, 5.41) is 9.47. The number of carbonyl (C=O) groups excluding carboxylic acids is 2. The van der Waals surface area contributed by atoms with Crippen molar-refractivity contribution in [3.8, 4) is 0 Å². The predicted octanol–water partition coefficient (Wildman–Crippen LogP) is 0.705. The first-order valence-electron chi connectivity index (χ1n) is 6.99. The van der Waals surface area contributed by atoms with Gasteiger partial charge in [0.05, 0.1) is 25.0 Å². The monoisotopic (exact) mass is 277 g/mol. The number of imide groups is 1. The highest BCUT2D eigenvalue weighted by Crippen LogP contribution is 2.52. The lowest BCUT2D eigenvalue weighted by atomic mass is 9.85. The molecule has 0 radical (unpaired) electrons. The second kappa shape index (κ2) is 4.82. The van der Waals surface area contributed by atoms with Crippen LogP contribution in [0.2, 0.25) is 0 Å². The Morgan fingerprint density at radius 3 is 2.45 bits per heavy atom. The van der Waals surface area contributed by atoms with Gasteiger partial charge in [0, 0.05) is 0 Å². The minimum atomic E-state index is -1.04. The number of hydrogen-bond donors (Lipinski definition) is 1. The first kappa shape index (κ1) is 13.5. The Morgan fingerprint density at radius 1 is 1.40 bits per heavy atom. The van der Waals surface area contributed by atoms with Crippen LogP contribution in [-0.2, 0) is 14.3 Å². The normalized spacial score (nSPS) is 35.8. The molecule has 5 nitrogen and oxygen atoms in total. The minimum absolute atomic E-state index is 0.0785. The maximum Gasteiger partial charge on any atom is 0.233 e. The molecule has 2 bridgehead atoms. The van der Waals surface area contributed by atoms with Crippen LogP contribution in [-0.4, -0.2) is 41.3 Å². The molecule has 1 saturated heterocycles. The Kier molecular flexibility index (Phi) is 3.26. The van der Waals surface area contributed by atoms with Gasteiger partial charge in [0.2, 0.25) is 11.8 Å². The van der Waals surface area contributed by atoms with E-state index < -0.39 is 6.29 Å². The summed E-state index contributed by atoms with van der Waals surface area (Å²) in [6, 6.07) is 0. The zero-order valence-corrected chi connectivity index (χ0v) is 11.5. The Hall–Kier alpha value is -1.46. The summed E-state index contributed by atoms with van der Waals surface area (Å²) in [6.45, 7) is 5.57. The molecule has 3 rings (SSSR count). The highest BCUT2D eigenvalue weighted by Gasteiger charge is 2.58. The number of nitrogens with zero attached hydrogens (tertiary/aromatic N) is 1. The molecule has 2 aliphatic carbocycles. The molecule has 2 fully saturated rings. The number of amides is 2. The summed E-state index contributed by atoms with van der Waals surface area (Å²) in [5.41, 5.74) is 0.503. The van der Waals surface area contributed by atoms with Crippen molar-refractivity contribution in [1.82, 2.24) is 4.90 Å². The summed E-state index contributed by atoms with van der Waals surface area (Å²) < 4.78 is 5.15. The molecule has 3 aliphatic rings. The molecule has 3 unspecified atom stereocenters. The molecule has 0 spiro atoms. The van der Waals surface area contributed by atoms with E-state index >= 15 is 0 Å². The third-order valence-corrected chi connectivity index (χ3v) is 4.57. The lowest BCUT2D eigenvalue weighted by Gasteiger charge is -2.18. The molecule has 0 aromatic rings. The fraction of sp³-hybridized carbons (Fsp3) is 0.600. The van der Waals surface area contributed by atoms with Gasteiger partial charge >= 0.3 is 0 Å². The van der Waals surface area contributed by atoms with Crippen molar-refractivity contribution in [2.45, 2.75) is 19.6 Å². The molecule has 0 aromatic carbocycles. The van der Waals surface area contributed by atoms with Gasteiger partial charge in [-0.05, 0) is 30.8 Å². The van der Waals surface area contributed by atoms with Gasteiger partial charge in [-0.15, -0.1) is 0 Å². The molecular weight excluding hydrogens is 258 g/mol. The average molecular weight is 277 g/mol. The maximum absolute atomic E-state index is 12.3. The van der Waals surface area contributed by atoms with Crippen LogP contribution in [0.5, 0.6) is 0 Å². The van der Waals surface area contributed by atoms with Crippen molar-refractivity contribution in [1.29, 1.82) is 0 Å². The first-order chi connectivity index (χ1) is 9.50. The third-order valence-electron chi connectivity index (χ3n) is 4.57. The van der Waals surface area contributed by atoms with E-state index in [-0.39, 0.29) is 48.6 Å². The smallest absolute Gasteiger partial charge is 0.233 e.